The molecule has 1 amide bonds. The van der Waals surface area contributed by atoms with Crippen LogP contribution in [0.15, 0.2) is 30.3 Å². The Morgan fingerprint density at radius 3 is 2.25 bits per heavy atom. The van der Waals surface area contributed by atoms with Gasteiger partial charge in [-0.2, -0.15) is 0 Å². The van der Waals surface area contributed by atoms with Crippen LogP contribution in [0.5, 0.6) is 0 Å². The molecule has 1 saturated heterocycles. The number of carbonyl (C=O) groups excluding carboxylic acids is 2. The number of carbonyl (C=O) groups is 2. The summed E-state index contributed by atoms with van der Waals surface area (Å²) < 4.78 is 16.4. The largest absolute Gasteiger partial charge is 0.467 e. The molecule has 2 atom stereocenters. The summed E-state index contributed by atoms with van der Waals surface area (Å²) in [5, 5.41) is 0. The average molecular weight is 335 g/mol. The van der Waals surface area contributed by atoms with E-state index in [0.717, 1.165) is 5.56 Å². The molecule has 0 aliphatic carbocycles. The van der Waals surface area contributed by atoms with E-state index in [1.807, 2.05) is 30.3 Å². The fourth-order valence-corrected chi connectivity index (χ4v) is 2.79. The summed E-state index contributed by atoms with van der Waals surface area (Å²) in [6.07, 6.45) is -1.23. The normalized spacial score (nSPS) is 23.0. The second kappa shape index (κ2) is 6.43. The van der Waals surface area contributed by atoms with Gasteiger partial charge in [-0.15, -0.1) is 0 Å². The Balaban J connectivity index is 2.43. The second-order valence-electron chi connectivity index (χ2n) is 7.21. The summed E-state index contributed by atoms with van der Waals surface area (Å²) in [5.41, 5.74) is -0.896. The maximum atomic E-state index is 12.7. The van der Waals surface area contributed by atoms with Crippen molar-refractivity contribution in [3.05, 3.63) is 35.9 Å². The summed E-state index contributed by atoms with van der Waals surface area (Å²) >= 11 is 0. The fourth-order valence-electron chi connectivity index (χ4n) is 2.79. The first-order chi connectivity index (χ1) is 11.1. The van der Waals surface area contributed by atoms with E-state index in [0.29, 0.717) is 0 Å². The molecule has 0 saturated carbocycles. The molecule has 1 aromatic carbocycles. The highest BCUT2D eigenvalue weighted by Crippen LogP contribution is 2.42. The molecular formula is C18H25NO5. The molecule has 24 heavy (non-hydrogen) atoms. The Hall–Kier alpha value is -2.08. The van der Waals surface area contributed by atoms with Gasteiger partial charge >= 0.3 is 12.1 Å². The zero-order valence-electron chi connectivity index (χ0n) is 15.0. The number of hydrogen-bond donors (Lipinski definition) is 0. The molecule has 0 radical (unpaired) electrons. The van der Waals surface area contributed by atoms with Crippen LogP contribution in [0.25, 0.3) is 0 Å². The monoisotopic (exact) mass is 335 g/mol. The summed E-state index contributed by atoms with van der Waals surface area (Å²) in [5.74, 6) is -0.541. The summed E-state index contributed by atoms with van der Waals surface area (Å²) in [4.78, 5) is 26.4. The highest BCUT2D eigenvalue weighted by atomic mass is 16.6. The molecule has 6 nitrogen and oxygen atoms in total. The van der Waals surface area contributed by atoms with Gasteiger partial charge in [0.15, 0.2) is 6.04 Å². The number of nitrogens with zero attached hydrogens (tertiary/aromatic N) is 1. The van der Waals surface area contributed by atoms with Crippen molar-refractivity contribution in [2.75, 3.05) is 7.11 Å². The van der Waals surface area contributed by atoms with Gasteiger partial charge in [-0.05, 0) is 40.2 Å². The predicted octanol–water partition coefficient (Wildman–Crippen LogP) is 3.27. The zero-order chi connectivity index (χ0) is 18.1. The van der Waals surface area contributed by atoms with Gasteiger partial charge in [0.2, 0.25) is 0 Å². The van der Waals surface area contributed by atoms with Crippen LogP contribution < -0.4 is 0 Å². The quantitative estimate of drug-likeness (QED) is 0.776. The van der Waals surface area contributed by atoms with Crippen molar-refractivity contribution in [3.63, 3.8) is 0 Å². The third-order valence-corrected chi connectivity index (χ3v) is 3.72. The van der Waals surface area contributed by atoms with Crippen molar-refractivity contribution in [1.82, 2.24) is 4.90 Å². The smallest absolute Gasteiger partial charge is 0.413 e. The second-order valence-corrected chi connectivity index (χ2v) is 7.21. The molecule has 1 aromatic rings. The van der Waals surface area contributed by atoms with Crippen molar-refractivity contribution < 1.29 is 23.8 Å². The zero-order valence-corrected chi connectivity index (χ0v) is 15.0. The maximum absolute atomic E-state index is 12.7. The SMILES string of the molecule is COC(=O)C1C(c2ccccc2)OC(C)(C)N1C(=O)OC(C)(C)C. The minimum atomic E-state index is -1.01. The van der Waals surface area contributed by atoms with Crippen LogP contribution in [0, 0.1) is 0 Å². The highest BCUT2D eigenvalue weighted by Gasteiger charge is 2.55. The third kappa shape index (κ3) is 3.70. The minimum Gasteiger partial charge on any atom is -0.467 e. The molecule has 0 N–H and O–H groups in total. The Bertz CT molecular complexity index is 606. The molecule has 1 heterocycles. The molecule has 0 bridgehead atoms. The van der Waals surface area contributed by atoms with Crippen molar-refractivity contribution in [1.29, 1.82) is 0 Å². The van der Waals surface area contributed by atoms with Crippen LogP contribution in [-0.2, 0) is 19.0 Å². The number of methoxy groups -OCH3 is 1. The first-order valence-electron chi connectivity index (χ1n) is 7.90. The third-order valence-electron chi connectivity index (χ3n) is 3.72. The molecular weight excluding hydrogens is 310 g/mol. The number of ether oxygens (including phenoxy) is 3. The lowest BCUT2D eigenvalue weighted by Crippen LogP contribution is -2.52. The standard InChI is InChI=1S/C18H25NO5/c1-17(2,3)24-16(21)19-13(15(20)22-6)14(23-18(19,4)5)12-10-8-7-9-11-12/h7-11,13-14H,1-6H3. The molecule has 0 aromatic heterocycles. The molecule has 1 fully saturated rings. The van der Waals surface area contributed by atoms with Gasteiger partial charge in [0.05, 0.1) is 7.11 Å². The van der Waals surface area contributed by atoms with E-state index in [4.69, 9.17) is 14.2 Å². The van der Waals surface area contributed by atoms with Crippen LogP contribution in [-0.4, -0.2) is 41.4 Å². The van der Waals surface area contributed by atoms with Gasteiger partial charge in [-0.1, -0.05) is 30.3 Å². The van der Waals surface area contributed by atoms with Crippen molar-refractivity contribution in [2.24, 2.45) is 0 Å². The lowest BCUT2D eigenvalue weighted by atomic mass is 10.0. The Morgan fingerprint density at radius 2 is 1.75 bits per heavy atom. The van der Waals surface area contributed by atoms with Gasteiger partial charge in [-0.25, -0.2) is 9.59 Å². The summed E-state index contributed by atoms with van der Waals surface area (Å²) in [6.45, 7) is 8.79. The topological polar surface area (TPSA) is 65.1 Å². The van der Waals surface area contributed by atoms with Gasteiger partial charge in [0.1, 0.15) is 17.4 Å². The van der Waals surface area contributed by atoms with E-state index in [9.17, 15) is 9.59 Å². The molecule has 1 aliphatic heterocycles. The van der Waals surface area contributed by atoms with Crippen molar-refractivity contribution >= 4 is 12.1 Å². The first-order valence-corrected chi connectivity index (χ1v) is 7.90. The van der Waals surface area contributed by atoms with E-state index in [-0.39, 0.29) is 0 Å². The Labute approximate surface area is 142 Å². The lowest BCUT2D eigenvalue weighted by Gasteiger charge is -2.34. The Kier molecular flexibility index (Phi) is 4.90. The van der Waals surface area contributed by atoms with Crippen LogP contribution in [0.4, 0.5) is 4.79 Å². The number of amides is 1. The number of hydrogen-bond acceptors (Lipinski definition) is 5. The minimum absolute atomic E-state index is 0.541. The first kappa shape index (κ1) is 18.3. The number of esters is 1. The molecule has 2 unspecified atom stereocenters. The van der Waals surface area contributed by atoms with Crippen LogP contribution in [0.1, 0.15) is 46.3 Å². The molecule has 0 spiro atoms. The van der Waals surface area contributed by atoms with Crippen LogP contribution in [0.2, 0.25) is 0 Å². The van der Waals surface area contributed by atoms with Gasteiger partial charge in [0, 0.05) is 0 Å². The van der Waals surface area contributed by atoms with Gasteiger partial charge < -0.3 is 14.2 Å². The van der Waals surface area contributed by atoms with Crippen molar-refractivity contribution in [3.8, 4) is 0 Å². The lowest BCUT2D eigenvalue weighted by molar-refractivity contribution is -0.147. The molecule has 2 rings (SSSR count). The van der Waals surface area contributed by atoms with E-state index in [1.54, 1.807) is 34.6 Å². The van der Waals surface area contributed by atoms with Crippen LogP contribution in [0.3, 0.4) is 0 Å². The van der Waals surface area contributed by atoms with Gasteiger partial charge in [-0.3, -0.25) is 4.90 Å². The highest BCUT2D eigenvalue weighted by molar-refractivity contribution is 5.83. The molecule has 1 aliphatic rings. The van der Waals surface area contributed by atoms with Crippen molar-refractivity contribution in [2.45, 2.75) is 58.1 Å². The molecule has 132 valence electrons. The van der Waals surface area contributed by atoms with Gasteiger partial charge in [0.25, 0.3) is 0 Å². The van der Waals surface area contributed by atoms with E-state index in [1.165, 1.54) is 12.0 Å². The van der Waals surface area contributed by atoms with E-state index < -0.39 is 35.5 Å². The number of benzene rings is 1. The molecule has 6 heteroatoms. The van der Waals surface area contributed by atoms with E-state index >= 15 is 0 Å². The number of rotatable bonds is 2. The van der Waals surface area contributed by atoms with Crippen LogP contribution >= 0.6 is 0 Å². The Morgan fingerprint density at radius 1 is 1.17 bits per heavy atom. The fraction of sp³-hybridized carbons (Fsp3) is 0.556. The average Bonchev–Trinajstić information content (AvgIpc) is 2.77. The predicted molar refractivity (Wildman–Crippen MR) is 88.2 cm³/mol. The van der Waals surface area contributed by atoms with E-state index in [2.05, 4.69) is 0 Å². The summed E-state index contributed by atoms with van der Waals surface area (Å²) in [6, 6.07) is 8.39. The summed E-state index contributed by atoms with van der Waals surface area (Å²) in [7, 11) is 1.29. The maximum Gasteiger partial charge on any atom is 0.413 e.